The first-order valence-corrected chi connectivity index (χ1v) is 17.7. The van der Waals surface area contributed by atoms with Crippen LogP contribution in [0.5, 0.6) is 0 Å². The summed E-state index contributed by atoms with van der Waals surface area (Å²) in [5.41, 5.74) is 13.2. The van der Waals surface area contributed by atoms with Crippen LogP contribution in [0.3, 0.4) is 0 Å². The molecule has 0 fully saturated rings. The number of para-hydroxylation sites is 2. The number of nitrogens with zero attached hydrogens (tertiary/aromatic N) is 1. The van der Waals surface area contributed by atoms with Gasteiger partial charge in [-0.3, -0.25) is 0 Å². The van der Waals surface area contributed by atoms with Crippen molar-refractivity contribution in [1.29, 1.82) is 0 Å². The third-order valence-electron chi connectivity index (χ3n) is 10.3. The standard InChI is InChI=1S/C49H33NO2/c1-3-5-16-31(4-2)34-25-27-42-38(29-34)46-44(32-17-8-6-9-18-32)45(33-19-10-7-11-20-33)47-39-30-35(26-28-43(39)52-49(47)48(46)51-42)50-40-23-14-12-21-36(40)37-22-13-15-24-41(37)50/h3-30H,1H2,2H3/b16-5-,31-4+. The molecule has 0 unspecified atom stereocenters. The van der Waals surface area contributed by atoms with Gasteiger partial charge in [0.15, 0.2) is 11.2 Å². The summed E-state index contributed by atoms with van der Waals surface area (Å²) < 4.78 is 16.1. The second-order valence-corrected chi connectivity index (χ2v) is 13.2. The molecule has 0 aliphatic heterocycles. The monoisotopic (exact) mass is 667 g/mol. The zero-order chi connectivity index (χ0) is 34.8. The summed E-state index contributed by atoms with van der Waals surface area (Å²) in [7, 11) is 0. The maximum absolute atomic E-state index is 6.91. The first-order valence-electron chi connectivity index (χ1n) is 17.7. The van der Waals surface area contributed by atoms with Gasteiger partial charge in [-0.2, -0.15) is 0 Å². The van der Waals surface area contributed by atoms with Crippen molar-refractivity contribution in [3.05, 3.63) is 182 Å². The van der Waals surface area contributed by atoms with E-state index in [4.69, 9.17) is 8.83 Å². The van der Waals surface area contributed by atoms with Gasteiger partial charge in [0.05, 0.1) is 11.0 Å². The molecule has 0 atom stereocenters. The molecule has 52 heavy (non-hydrogen) atoms. The van der Waals surface area contributed by atoms with E-state index < -0.39 is 0 Å². The molecule has 0 amide bonds. The van der Waals surface area contributed by atoms with Crippen LogP contribution in [0.15, 0.2) is 185 Å². The Morgan fingerprint density at radius 2 is 1.08 bits per heavy atom. The van der Waals surface area contributed by atoms with E-state index in [0.29, 0.717) is 0 Å². The number of benzene rings is 7. The minimum Gasteiger partial charge on any atom is -0.452 e. The van der Waals surface area contributed by atoms with Gasteiger partial charge in [-0.05, 0) is 71.7 Å². The van der Waals surface area contributed by atoms with Crippen molar-refractivity contribution in [2.45, 2.75) is 6.92 Å². The lowest BCUT2D eigenvalue weighted by atomic mass is 9.87. The minimum atomic E-state index is 0.749. The van der Waals surface area contributed by atoms with Gasteiger partial charge in [-0.15, -0.1) is 0 Å². The SMILES string of the molecule is C=C/C=C\C(=C/C)c1ccc2oc3c4oc5ccc(-n6c7ccccc7c7ccccc76)cc5c4c(-c4ccccc4)c(-c4ccccc4)c3c2c1. The zero-order valence-electron chi connectivity index (χ0n) is 28.6. The predicted molar refractivity (Wildman–Crippen MR) is 219 cm³/mol. The van der Waals surface area contributed by atoms with Crippen molar-refractivity contribution in [2.75, 3.05) is 0 Å². The minimum absolute atomic E-state index is 0.749. The van der Waals surface area contributed by atoms with Gasteiger partial charge in [0, 0.05) is 49.1 Å². The molecule has 3 heteroatoms. The van der Waals surface area contributed by atoms with Crippen molar-refractivity contribution >= 4 is 71.3 Å². The fraction of sp³-hybridized carbons (Fsp3) is 0.0204. The van der Waals surface area contributed by atoms with Crippen LogP contribution >= 0.6 is 0 Å². The molecule has 3 nitrogen and oxygen atoms in total. The number of furan rings is 2. The number of rotatable bonds is 6. The van der Waals surface area contributed by atoms with Crippen molar-refractivity contribution < 1.29 is 8.83 Å². The molecular weight excluding hydrogens is 635 g/mol. The Balaban J connectivity index is 1.38. The van der Waals surface area contributed by atoms with Gasteiger partial charge in [0.25, 0.3) is 0 Å². The lowest BCUT2D eigenvalue weighted by molar-refractivity contribution is 0.633. The predicted octanol–water partition coefficient (Wildman–Crippen LogP) is 14.1. The van der Waals surface area contributed by atoms with E-state index in [1.165, 1.54) is 21.8 Å². The molecule has 3 heterocycles. The van der Waals surface area contributed by atoms with Crippen molar-refractivity contribution in [2.24, 2.45) is 0 Å². The van der Waals surface area contributed by atoms with E-state index in [0.717, 1.165) is 83.0 Å². The molecule has 0 N–H and O–H groups in total. The number of hydrogen-bond acceptors (Lipinski definition) is 2. The quantitative estimate of drug-likeness (QED) is 0.165. The third-order valence-corrected chi connectivity index (χ3v) is 10.3. The van der Waals surface area contributed by atoms with Crippen LogP contribution in [0.4, 0.5) is 0 Å². The topological polar surface area (TPSA) is 31.2 Å². The highest BCUT2D eigenvalue weighted by Gasteiger charge is 2.27. The molecule has 0 spiro atoms. The summed E-state index contributed by atoms with van der Waals surface area (Å²) in [4.78, 5) is 0. The summed E-state index contributed by atoms with van der Waals surface area (Å²) in [6.45, 7) is 5.94. The van der Waals surface area contributed by atoms with E-state index in [-0.39, 0.29) is 0 Å². The van der Waals surface area contributed by atoms with Gasteiger partial charge in [0.2, 0.25) is 0 Å². The van der Waals surface area contributed by atoms with E-state index in [1.807, 2.05) is 6.08 Å². The molecule has 246 valence electrons. The van der Waals surface area contributed by atoms with Crippen LogP contribution < -0.4 is 0 Å². The Bertz CT molecular complexity index is 3020. The highest BCUT2D eigenvalue weighted by atomic mass is 16.4. The Morgan fingerprint density at radius 1 is 0.558 bits per heavy atom. The average Bonchev–Trinajstić information content (AvgIpc) is 3.88. The maximum atomic E-state index is 6.91. The molecule has 7 aromatic carbocycles. The molecule has 0 saturated carbocycles. The van der Waals surface area contributed by atoms with Crippen LogP contribution in [-0.4, -0.2) is 4.57 Å². The van der Waals surface area contributed by atoms with Gasteiger partial charge < -0.3 is 13.4 Å². The van der Waals surface area contributed by atoms with E-state index in [9.17, 15) is 0 Å². The van der Waals surface area contributed by atoms with E-state index >= 15 is 0 Å². The molecule has 0 aliphatic carbocycles. The Morgan fingerprint density at radius 3 is 1.63 bits per heavy atom. The summed E-state index contributed by atoms with van der Waals surface area (Å²) in [5.74, 6) is 0. The summed E-state index contributed by atoms with van der Waals surface area (Å²) in [5, 5.41) is 6.63. The summed E-state index contributed by atoms with van der Waals surface area (Å²) >= 11 is 0. The number of hydrogen-bond donors (Lipinski definition) is 0. The first kappa shape index (κ1) is 30.0. The van der Waals surface area contributed by atoms with Crippen molar-refractivity contribution in [3.63, 3.8) is 0 Å². The molecule has 0 aliphatic rings. The van der Waals surface area contributed by atoms with E-state index in [1.54, 1.807) is 6.08 Å². The number of fused-ring (bicyclic) bond motifs is 10. The fourth-order valence-electron chi connectivity index (χ4n) is 8.09. The second kappa shape index (κ2) is 11.9. The highest BCUT2D eigenvalue weighted by molar-refractivity contribution is 6.30. The molecule has 0 saturated heterocycles. The van der Waals surface area contributed by atoms with Gasteiger partial charge >= 0.3 is 0 Å². The first-order chi connectivity index (χ1) is 25.7. The van der Waals surface area contributed by atoms with E-state index in [2.05, 4.69) is 176 Å². The third kappa shape index (κ3) is 4.46. The second-order valence-electron chi connectivity index (χ2n) is 13.2. The molecule has 10 aromatic rings. The molecular formula is C49H33NO2. The molecule has 0 bridgehead atoms. The Labute approximate surface area is 300 Å². The zero-order valence-corrected chi connectivity index (χ0v) is 28.6. The Hall–Kier alpha value is -6.84. The van der Waals surface area contributed by atoms with Crippen LogP contribution in [0.25, 0.3) is 99.2 Å². The van der Waals surface area contributed by atoms with Gasteiger partial charge in [-0.25, -0.2) is 0 Å². The highest BCUT2D eigenvalue weighted by Crippen LogP contribution is 2.51. The summed E-state index contributed by atoms with van der Waals surface area (Å²) in [6, 6.07) is 51.7. The molecule has 0 radical (unpaired) electrons. The number of aromatic nitrogens is 1. The molecule has 10 rings (SSSR count). The smallest absolute Gasteiger partial charge is 0.179 e. The average molecular weight is 668 g/mol. The lowest BCUT2D eigenvalue weighted by Crippen LogP contribution is -1.93. The van der Waals surface area contributed by atoms with Crippen molar-refractivity contribution in [1.82, 2.24) is 4.57 Å². The van der Waals surface area contributed by atoms with Crippen LogP contribution in [-0.2, 0) is 0 Å². The summed E-state index contributed by atoms with van der Waals surface area (Å²) in [6.07, 6.45) is 8.00. The van der Waals surface area contributed by atoms with Crippen LogP contribution in [0, 0.1) is 0 Å². The van der Waals surface area contributed by atoms with Gasteiger partial charge in [0.1, 0.15) is 11.2 Å². The maximum Gasteiger partial charge on any atom is 0.179 e. The molecule has 3 aromatic heterocycles. The van der Waals surface area contributed by atoms with Gasteiger partial charge in [-0.1, -0.05) is 134 Å². The normalized spacial score (nSPS) is 12.4. The van der Waals surface area contributed by atoms with Crippen molar-refractivity contribution in [3.8, 4) is 27.9 Å². The fourth-order valence-corrected chi connectivity index (χ4v) is 8.09. The van der Waals surface area contributed by atoms with Crippen LogP contribution in [0.2, 0.25) is 0 Å². The largest absolute Gasteiger partial charge is 0.452 e. The Kier molecular flexibility index (Phi) is 6.87. The number of allylic oxidation sites excluding steroid dienone is 5. The van der Waals surface area contributed by atoms with Crippen LogP contribution in [0.1, 0.15) is 12.5 Å². The lowest BCUT2D eigenvalue weighted by Gasteiger charge is -2.15.